The van der Waals surface area contributed by atoms with Gasteiger partial charge in [0.1, 0.15) is 22.3 Å². The first-order valence-electron chi connectivity index (χ1n) is 20.5. The van der Waals surface area contributed by atoms with Crippen molar-refractivity contribution in [1.82, 2.24) is 0 Å². The fourth-order valence-electron chi connectivity index (χ4n) is 10.4. The van der Waals surface area contributed by atoms with Crippen LogP contribution in [0.15, 0.2) is 191 Å². The number of para-hydroxylation sites is 1. The molecular weight excluding hydrogens is 717 g/mol. The summed E-state index contributed by atoms with van der Waals surface area (Å²) >= 11 is 0. The zero-order valence-electron chi connectivity index (χ0n) is 32.6. The molecule has 2 heterocycles. The average molecular weight is 753 g/mol. The summed E-state index contributed by atoms with van der Waals surface area (Å²) in [5.74, 6) is 0. The van der Waals surface area contributed by atoms with Crippen LogP contribution in [0.1, 0.15) is 25.0 Å². The Hall–Kier alpha value is -7.42. The largest absolute Gasteiger partial charge is 0.456 e. The maximum atomic E-state index is 6.47. The predicted molar refractivity (Wildman–Crippen MR) is 247 cm³/mol. The maximum absolute atomic E-state index is 6.47. The first-order chi connectivity index (χ1) is 29.0. The van der Waals surface area contributed by atoms with Crippen molar-refractivity contribution < 1.29 is 8.83 Å². The molecule has 0 saturated heterocycles. The third kappa shape index (κ3) is 4.57. The van der Waals surface area contributed by atoms with E-state index in [1.807, 2.05) is 18.2 Å². The van der Waals surface area contributed by atoms with Gasteiger partial charge in [0.2, 0.25) is 0 Å². The number of benzene rings is 10. The highest BCUT2D eigenvalue weighted by Gasteiger charge is 2.37. The van der Waals surface area contributed by atoms with Crippen molar-refractivity contribution >= 4 is 76.2 Å². The van der Waals surface area contributed by atoms with Crippen LogP contribution in [0.4, 0.5) is 0 Å². The summed E-state index contributed by atoms with van der Waals surface area (Å²) in [5.41, 5.74) is 16.3. The lowest BCUT2D eigenvalue weighted by atomic mass is 9.80. The molecule has 0 N–H and O–H groups in total. The molecule has 2 aromatic heterocycles. The standard InChI is InChI=1S/C57H36O2/c1-57(2)48-19-9-7-17-43(48)56-44(18-11-20-49(56)57)55-41-15-5-3-13-39(41)54(40-14-4-6-16-42(40)55)34-24-22-33(23-25-34)35-26-27-36-29-45-47-31-46-38-12-8-10-21-50(38)58-52(46)32-53(47)59-51(45)30-37(36)28-35/h3-32H,1-2H3. The minimum atomic E-state index is -0.0656. The molecule has 0 unspecified atom stereocenters. The van der Waals surface area contributed by atoms with Crippen LogP contribution in [-0.4, -0.2) is 0 Å². The Bertz CT molecular complexity index is 3690. The monoisotopic (exact) mass is 752 g/mol. The number of rotatable bonds is 3. The fourth-order valence-corrected chi connectivity index (χ4v) is 10.4. The number of hydrogen-bond acceptors (Lipinski definition) is 2. The molecule has 12 aromatic rings. The van der Waals surface area contributed by atoms with Gasteiger partial charge in [-0.25, -0.2) is 0 Å². The SMILES string of the molecule is CC1(C)c2ccccc2-c2c(-c3c4ccccc4c(-c4ccc(-c5ccc6cc7c(cc6c5)oc5cc6oc8ccccc8c6cc57)cc4)c4ccccc34)cccc21. The minimum Gasteiger partial charge on any atom is -0.456 e. The Labute approximate surface area is 340 Å². The molecule has 1 aliphatic rings. The predicted octanol–water partition coefficient (Wildman–Crippen LogP) is 16.3. The second-order valence-electron chi connectivity index (χ2n) is 16.8. The Morgan fingerprint density at radius 2 is 0.847 bits per heavy atom. The molecule has 0 bridgehead atoms. The van der Waals surface area contributed by atoms with E-state index in [1.54, 1.807) is 0 Å². The van der Waals surface area contributed by atoms with Gasteiger partial charge in [-0.15, -0.1) is 0 Å². The van der Waals surface area contributed by atoms with E-state index >= 15 is 0 Å². The lowest BCUT2D eigenvalue weighted by molar-refractivity contribution is 0.656. The van der Waals surface area contributed by atoms with Crippen molar-refractivity contribution in [2.24, 2.45) is 0 Å². The van der Waals surface area contributed by atoms with E-state index in [2.05, 4.69) is 178 Å². The van der Waals surface area contributed by atoms with Gasteiger partial charge in [-0.2, -0.15) is 0 Å². The van der Waals surface area contributed by atoms with Crippen LogP contribution in [0.3, 0.4) is 0 Å². The molecule has 0 aliphatic heterocycles. The van der Waals surface area contributed by atoms with Crippen LogP contribution in [0.2, 0.25) is 0 Å². The van der Waals surface area contributed by atoms with Crippen LogP contribution >= 0.6 is 0 Å². The quantitative estimate of drug-likeness (QED) is 0.168. The van der Waals surface area contributed by atoms with Crippen molar-refractivity contribution in [1.29, 1.82) is 0 Å². The summed E-state index contributed by atoms with van der Waals surface area (Å²) in [5, 5.41) is 11.9. The third-order valence-corrected chi connectivity index (χ3v) is 13.2. The molecule has 10 aromatic carbocycles. The molecule has 276 valence electrons. The van der Waals surface area contributed by atoms with Gasteiger partial charge in [0.25, 0.3) is 0 Å². The van der Waals surface area contributed by atoms with Gasteiger partial charge < -0.3 is 8.83 Å². The molecule has 59 heavy (non-hydrogen) atoms. The van der Waals surface area contributed by atoms with Gasteiger partial charge in [-0.3, -0.25) is 0 Å². The van der Waals surface area contributed by atoms with Crippen LogP contribution in [0.5, 0.6) is 0 Å². The summed E-state index contributed by atoms with van der Waals surface area (Å²) in [6.07, 6.45) is 0. The Kier molecular flexibility index (Phi) is 6.54. The summed E-state index contributed by atoms with van der Waals surface area (Å²) in [7, 11) is 0. The highest BCUT2D eigenvalue weighted by atomic mass is 16.3. The lowest BCUT2D eigenvalue weighted by Crippen LogP contribution is -2.14. The molecule has 0 saturated carbocycles. The summed E-state index contributed by atoms with van der Waals surface area (Å²) in [6, 6.07) is 66.7. The Morgan fingerprint density at radius 3 is 1.61 bits per heavy atom. The van der Waals surface area contributed by atoms with Gasteiger partial charge >= 0.3 is 0 Å². The highest BCUT2D eigenvalue weighted by molar-refractivity contribution is 6.23. The molecule has 2 heteroatoms. The summed E-state index contributed by atoms with van der Waals surface area (Å²) in [6.45, 7) is 4.73. The van der Waals surface area contributed by atoms with E-state index in [4.69, 9.17) is 8.83 Å². The molecule has 13 rings (SSSR count). The van der Waals surface area contributed by atoms with Crippen LogP contribution < -0.4 is 0 Å². The molecule has 0 spiro atoms. The fraction of sp³-hybridized carbons (Fsp3) is 0.0526. The second kappa shape index (κ2) is 11.8. The molecule has 0 radical (unpaired) electrons. The Morgan fingerprint density at radius 1 is 0.305 bits per heavy atom. The van der Waals surface area contributed by atoms with E-state index in [1.165, 1.54) is 82.6 Å². The van der Waals surface area contributed by atoms with Gasteiger partial charge in [0.15, 0.2) is 0 Å². The van der Waals surface area contributed by atoms with E-state index in [9.17, 15) is 0 Å². The van der Waals surface area contributed by atoms with E-state index < -0.39 is 0 Å². The van der Waals surface area contributed by atoms with Crippen molar-refractivity contribution in [3.8, 4) is 44.5 Å². The van der Waals surface area contributed by atoms with E-state index in [0.717, 1.165) is 49.3 Å². The second-order valence-corrected chi connectivity index (χ2v) is 16.8. The first-order valence-corrected chi connectivity index (χ1v) is 20.5. The highest BCUT2D eigenvalue weighted by Crippen LogP contribution is 2.54. The van der Waals surface area contributed by atoms with Gasteiger partial charge in [0, 0.05) is 33.0 Å². The van der Waals surface area contributed by atoms with E-state index in [-0.39, 0.29) is 5.41 Å². The molecule has 0 fully saturated rings. The van der Waals surface area contributed by atoms with Crippen LogP contribution in [-0.2, 0) is 5.41 Å². The average Bonchev–Trinajstić information content (AvgIpc) is 3.90. The van der Waals surface area contributed by atoms with Gasteiger partial charge in [0.05, 0.1) is 0 Å². The van der Waals surface area contributed by atoms with E-state index in [0.29, 0.717) is 0 Å². The summed E-state index contributed by atoms with van der Waals surface area (Å²) in [4.78, 5) is 0. The third-order valence-electron chi connectivity index (χ3n) is 13.2. The molecule has 0 atom stereocenters. The normalized spacial score (nSPS) is 13.4. The van der Waals surface area contributed by atoms with Gasteiger partial charge in [-0.05, 0) is 118 Å². The minimum absolute atomic E-state index is 0.0656. The number of fused-ring (bicyclic) bond motifs is 12. The van der Waals surface area contributed by atoms with Gasteiger partial charge in [-0.1, -0.05) is 159 Å². The zero-order chi connectivity index (χ0) is 39.0. The summed E-state index contributed by atoms with van der Waals surface area (Å²) < 4.78 is 12.6. The maximum Gasteiger partial charge on any atom is 0.139 e. The van der Waals surface area contributed by atoms with Crippen LogP contribution in [0.25, 0.3) is 121 Å². The zero-order valence-corrected chi connectivity index (χ0v) is 32.6. The van der Waals surface area contributed by atoms with Crippen molar-refractivity contribution in [2.45, 2.75) is 19.3 Å². The lowest BCUT2D eigenvalue weighted by Gasteiger charge is -2.22. The van der Waals surface area contributed by atoms with Crippen molar-refractivity contribution in [2.75, 3.05) is 0 Å². The molecule has 1 aliphatic carbocycles. The smallest absolute Gasteiger partial charge is 0.139 e. The first kappa shape index (κ1) is 32.6. The molecular formula is C57H36O2. The molecule has 2 nitrogen and oxygen atoms in total. The topological polar surface area (TPSA) is 26.3 Å². The van der Waals surface area contributed by atoms with Crippen LogP contribution in [0, 0.1) is 0 Å². The molecule has 0 amide bonds. The van der Waals surface area contributed by atoms with Crippen molar-refractivity contribution in [3.63, 3.8) is 0 Å². The number of furan rings is 2. The Balaban J connectivity index is 0.929. The van der Waals surface area contributed by atoms with Crippen molar-refractivity contribution in [3.05, 3.63) is 193 Å². The number of hydrogen-bond donors (Lipinski definition) is 0.